The van der Waals surface area contributed by atoms with E-state index in [9.17, 15) is 8.78 Å². The Kier molecular flexibility index (Phi) is 3.48. The summed E-state index contributed by atoms with van der Waals surface area (Å²) in [6.07, 6.45) is -1.64. The van der Waals surface area contributed by atoms with Gasteiger partial charge in [0.1, 0.15) is 5.69 Å². The number of hydrogen-bond donors (Lipinski definition) is 1. The summed E-state index contributed by atoms with van der Waals surface area (Å²) in [5.41, 5.74) is 2.63. The lowest BCUT2D eigenvalue weighted by Gasteiger charge is -2.19. The van der Waals surface area contributed by atoms with Crippen molar-refractivity contribution >= 4 is 0 Å². The molecule has 0 spiro atoms. The fraction of sp³-hybridized carbons (Fsp3) is 0.429. The largest absolute Gasteiger partial charge is 0.308 e. The van der Waals surface area contributed by atoms with Crippen molar-refractivity contribution in [2.24, 2.45) is 0 Å². The topological polar surface area (TPSA) is 42.7 Å². The highest BCUT2D eigenvalue weighted by molar-refractivity contribution is 5.29. The minimum absolute atomic E-state index is 0.0683. The SMILES string of the molecule is CC1NCCc2c1nnn2Cc1ccccc1C(F)F. The number of alkyl halides is 2. The summed E-state index contributed by atoms with van der Waals surface area (Å²) in [4.78, 5) is 0. The number of nitrogens with one attached hydrogen (secondary N) is 1. The standard InChI is InChI=1S/C14H16F2N4/c1-9-13-12(6-7-17-9)20(19-18-13)8-10-4-2-3-5-11(10)14(15)16/h2-5,9,14,17H,6-8H2,1H3. The van der Waals surface area contributed by atoms with E-state index in [2.05, 4.69) is 15.6 Å². The molecular formula is C14H16F2N4. The van der Waals surface area contributed by atoms with Crippen molar-refractivity contribution < 1.29 is 8.78 Å². The lowest BCUT2D eigenvalue weighted by Crippen LogP contribution is -2.29. The summed E-state index contributed by atoms with van der Waals surface area (Å²) in [6, 6.07) is 6.76. The van der Waals surface area contributed by atoms with E-state index in [1.807, 2.05) is 6.92 Å². The van der Waals surface area contributed by atoms with E-state index in [1.54, 1.807) is 22.9 Å². The van der Waals surface area contributed by atoms with E-state index in [0.29, 0.717) is 12.1 Å². The van der Waals surface area contributed by atoms with Crippen LogP contribution in [0.25, 0.3) is 0 Å². The lowest BCUT2D eigenvalue weighted by atomic mass is 10.1. The summed E-state index contributed by atoms with van der Waals surface area (Å²) in [5.74, 6) is 0. The molecule has 20 heavy (non-hydrogen) atoms. The van der Waals surface area contributed by atoms with Gasteiger partial charge in [0.25, 0.3) is 6.43 Å². The Labute approximate surface area is 115 Å². The fourth-order valence-electron chi connectivity index (χ4n) is 2.62. The quantitative estimate of drug-likeness (QED) is 0.938. The summed E-state index contributed by atoms with van der Waals surface area (Å²) in [5, 5.41) is 11.6. The molecule has 106 valence electrons. The van der Waals surface area contributed by atoms with Crippen molar-refractivity contribution in [1.82, 2.24) is 20.3 Å². The lowest BCUT2D eigenvalue weighted by molar-refractivity contribution is 0.150. The van der Waals surface area contributed by atoms with Crippen molar-refractivity contribution in [2.45, 2.75) is 32.4 Å². The van der Waals surface area contributed by atoms with Crippen LogP contribution in [0.4, 0.5) is 8.78 Å². The van der Waals surface area contributed by atoms with Crippen molar-refractivity contribution in [3.63, 3.8) is 0 Å². The van der Waals surface area contributed by atoms with E-state index < -0.39 is 6.43 Å². The van der Waals surface area contributed by atoms with Crippen LogP contribution in [-0.4, -0.2) is 21.5 Å². The second-order valence-electron chi connectivity index (χ2n) is 5.00. The molecule has 1 unspecified atom stereocenters. The molecule has 3 rings (SSSR count). The second kappa shape index (κ2) is 5.28. The predicted molar refractivity (Wildman–Crippen MR) is 70.6 cm³/mol. The Morgan fingerprint density at radius 1 is 1.40 bits per heavy atom. The third-order valence-corrected chi connectivity index (χ3v) is 3.70. The van der Waals surface area contributed by atoms with Gasteiger partial charge in [0.2, 0.25) is 0 Å². The van der Waals surface area contributed by atoms with Crippen LogP contribution in [0.1, 0.15) is 41.9 Å². The molecule has 6 heteroatoms. The van der Waals surface area contributed by atoms with Crippen LogP contribution in [0.2, 0.25) is 0 Å². The molecule has 1 aliphatic rings. The highest BCUT2D eigenvalue weighted by atomic mass is 19.3. The molecule has 1 N–H and O–H groups in total. The Morgan fingerprint density at radius 3 is 3.00 bits per heavy atom. The van der Waals surface area contributed by atoms with E-state index >= 15 is 0 Å². The molecule has 0 fully saturated rings. The van der Waals surface area contributed by atoms with Gasteiger partial charge in [-0.2, -0.15) is 0 Å². The van der Waals surface area contributed by atoms with Crippen molar-refractivity contribution in [3.8, 4) is 0 Å². The predicted octanol–water partition coefficient (Wildman–Crippen LogP) is 2.47. The third kappa shape index (κ3) is 2.31. The van der Waals surface area contributed by atoms with E-state index in [0.717, 1.165) is 24.4 Å². The highest BCUT2D eigenvalue weighted by Gasteiger charge is 2.23. The van der Waals surface area contributed by atoms with Crippen LogP contribution in [0, 0.1) is 0 Å². The van der Waals surface area contributed by atoms with Gasteiger partial charge in [-0.25, -0.2) is 13.5 Å². The first-order valence-electron chi connectivity index (χ1n) is 6.68. The van der Waals surface area contributed by atoms with E-state index in [-0.39, 0.29) is 11.6 Å². The molecule has 0 saturated heterocycles. The van der Waals surface area contributed by atoms with Crippen molar-refractivity contribution in [3.05, 3.63) is 46.8 Å². The second-order valence-corrected chi connectivity index (χ2v) is 5.00. The maximum atomic E-state index is 13.0. The van der Waals surface area contributed by atoms with Gasteiger partial charge in [-0.15, -0.1) is 5.10 Å². The van der Waals surface area contributed by atoms with Gasteiger partial charge in [0.15, 0.2) is 0 Å². The third-order valence-electron chi connectivity index (χ3n) is 3.70. The van der Waals surface area contributed by atoms with Crippen molar-refractivity contribution in [1.29, 1.82) is 0 Å². The van der Waals surface area contributed by atoms with Crippen LogP contribution >= 0.6 is 0 Å². The molecule has 1 aliphatic heterocycles. The first kappa shape index (κ1) is 13.2. The molecule has 0 saturated carbocycles. The van der Waals surface area contributed by atoms with Crippen LogP contribution in [0.15, 0.2) is 24.3 Å². The smallest absolute Gasteiger partial charge is 0.264 e. The molecule has 0 bridgehead atoms. The van der Waals surface area contributed by atoms with Gasteiger partial charge in [-0.05, 0) is 12.5 Å². The van der Waals surface area contributed by atoms with Crippen LogP contribution in [0.3, 0.4) is 0 Å². The first-order chi connectivity index (χ1) is 9.66. The van der Waals surface area contributed by atoms with Crippen LogP contribution in [-0.2, 0) is 13.0 Å². The summed E-state index contributed by atoms with van der Waals surface area (Å²) in [7, 11) is 0. The first-order valence-corrected chi connectivity index (χ1v) is 6.68. The molecule has 2 aromatic rings. The number of halogens is 2. The normalized spacial score (nSPS) is 18.3. The molecule has 4 nitrogen and oxygen atoms in total. The summed E-state index contributed by atoms with van der Waals surface area (Å²) >= 11 is 0. The van der Waals surface area contributed by atoms with Crippen LogP contribution in [0.5, 0.6) is 0 Å². The molecule has 1 atom stereocenters. The van der Waals surface area contributed by atoms with Gasteiger partial charge in [0, 0.05) is 18.5 Å². The fourth-order valence-corrected chi connectivity index (χ4v) is 2.62. The van der Waals surface area contributed by atoms with Gasteiger partial charge in [-0.1, -0.05) is 29.5 Å². The van der Waals surface area contributed by atoms with Gasteiger partial charge >= 0.3 is 0 Å². The molecule has 1 aromatic carbocycles. The Hall–Kier alpha value is -1.82. The molecule has 0 radical (unpaired) electrons. The number of benzene rings is 1. The maximum Gasteiger partial charge on any atom is 0.264 e. The zero-order valence-corrected chi connectivity index (χ0v) is 11.2. The minimum atomic E-state index is -2.47. The summed E-state index contributed by atoms with van der Waals surface area (Å²) in [6.45, 7) is 3.23. The van der Waals surface area contributed by atoms with E-state index in [1.165, 1.54) is 6.07 Å². The zero-order chi connectivity index (χ0) is 14.1. The van der Waals surface area contributed by atoms with Crippen molar-refractivity contribution in [2.75, 3.05) is 6.54 Å². The Morgan fingerprint density at radius 2 is 2.20 bits per heavy atom. The Balaban J connectivity index is 1.93. The number of hydrogen-bond acceptors (Lipinski definition) is 3. The molecule has 0 aliphatic carbocycles. The Bertz CT molecular complexity index is 609. The maximum absolute atomic E-state index is 13.0. The van der Waals surface area contributed by atoms with Crippen LogP contribution < -0.4 is 5.32 Å². The van der Waals surface area contributed by atoms with Gasteiger partial charge in [0.05, 0.1) is 18.3 Å². The van der Waals surface area contributed by atoms with E-state index in [4.69, 9.17) is 0 Å². The average Bonchev–Trinajstić information content (AvgIpc) is 2.84. The zero-order valence-electron chi connectivity index (χ0n) is 11.2. The summed E-state index contributed by atoms with van der Waals surface area (Å²) < 4.78 is 27.7. The average molecular weight is 278 g/mol. The number of nitrogens with zero attached hydrogens (tertiary/aromatic N) is 3. The molecule has 0 amide bonds. The molecule has 1 aromatic heterocycles. The molecule has 2 heterocycles. The van der Waals surface area contributed by atoms with Gasteiger partial charge in [-0.3, -0.25) is 0 Å². The highest BCUT2D eigenvalue weighted by Crippen LogP contribution is 2.25. The minimum Gasteiger partial charge on any atom is -0.308 e. The number of aromatic nitrogens is 3. The van der Waals surface area contributed by atoms with Gasteiger partial charge < -0.3 is 5.32 Å². The number of rotatable bonds is 3. The number of fused-ring (bicyclic) bond motifs is 1. The molecular weight excluding hydrogens is 262 g/mol. The monoisotopic (exact) mass is 278 g/mol.